The van der Waals surface area contributed by atoms with Crippen LogP contribution in [-0.2, 0) is 31.7 Å². The van der Waals surface area contributed by atoms with Gasteiger partial charge in [-0.05, 0) is 29.8 Å². The first-order chi connectivity index (χ1) is 11.6. The van der Waals surface area contributed by atoms with Gasteiger partial charge >= 0.3 is 5.97 Å². The number of benzene rings is 2. The van der Waals surface area contributed by atoms with E-state index in [1.807, 2.05) is 30.3 Å². The summed E-state index contributed by atoms with van der Waals surface area (Å²) in [5, 5.41) is 0.551. The smallest absolute Gasteiger partial charge is 0.331 e. The van der Waals surface area contributed by atoms with E-state index in [1.165, 1.54) is 13.2 Å². The van der Waals surface area contributed by atoms with E-state index in [9.17, 15) is 9.00 Å². The summed E-state index contributed by atoms with van der Waals surface area (Å²) in [5.74, 6) is -0.573. The second kappa shape index (κ2) is 9.37. The van der Waals surface area contributed by atoms with E-state index in [0.29, 0.717) is 21.4 Å². The fourth-order valence-electron chi connectivity index (χ4n) is 1.89. The molecule has 2 aromatic carbocycles. The molecule has 1 unspecified atom stereocenters. The van der Waals surface area contributed by atoms with Crippen LogP contribution in [0.2, 0.25) is 5.02 Å². The molecule has 0 spiro atoms. The van der Waals surface area contributed by atoms with Crippen molar-refractivity contribution in [3.63, 3.8) is 0 Å². The molecule has 0 N–H and O–H groups in total. The molecule has 0 amide bonds. The zero-order valence-electron chi connectivity index (χ0n) is 13.1. The minimum absolute atomic E-state index is 0.0548. The van der Waals surface area contributed by atoms with Crippen LogP contribution < -0.4 is 0 Å². The van der Waals surface area contributed by atoms with Gasteiger partial charge in [-0.3, -0.25) is 0 Å². The van der Waals surface area contributed by atoms with Crippen LogP contribution in [0.5, 0.6) is 0 Å². The van der Waals surface area contributed by atoms with Crippen LogP contribution in [0.25, 0.3) is 0 Å². The third-order valence-corrected chi connectivity index (χ3v) is 4.77. The van der Waals surface area contributed by atoms with Gasteiger partial charge in [-0.2, -0.15) is 0 Å². The molecule has 0 aliphatic rings. The van der Waals surface area contributed by atoms with Crippen LogP contribution >= 0.6 is 11.6 Å². The van der Waals surface area contributed by atoms with Crippen molar-refractivity contribution in [2.45, 2.75) is 11.5 Å². The number of carbonyl (C=O) groups is 1. The summed E-state index contributed by atoms with van der Waals surface area (Å²) in [4.78, 5) is 12.4. The lowest BCUT2D eigenvalue weighted by atomic mass is 10.2. The summed E-state index contributed by atoms with van der Waals surface area (Å²) in [7, 11) is -0.263. The maximum absolute atomic E-state index is 12.7. The topological polar surface area (TPSA) is 52.6 Å². The highest BCUT2D eigenvalue weighted by Crippen LogP contribution is 2.18. The van der Waals surface area contributed by atoms with Gasteiger partial charge in [0.1, 0.15) is 0 Å². The Bertz CT molecular complexity index is 726. The van der Waals surface area contributed by atoms with Crippen LogP contribution in [0, 0.1) is 0 Å². The van der Waals surface area contributed by atoms with Crippen molar-refractivity contribution in [3.8, 4) is 0 Å². The van der Waals surface area contributed by atoms with Crippen molar-refractivity contribution in [1.82, 2.24) is 0 Å². The molecule has 126 valence electrons. The fourth-order valence-corrected chi connectivity index (χ4v) is 3.10. The third-order valence-electron chi connectivity index (χ3n) is 3.10. The van der Waals surface area contributed by atoms with E-state index in [1.54, 1.807) is 24.3 Å². The summed E-state index contributed by atoms with van der Waals surface area (Å²) < 4.78 is 22.9. The molecule has 0 aromatic heterocycles. The van der Waals surface area contributed by atoms with E-state index < -0.39 is 16.8 Å². The van der Waals surface area contributed by atoms with Gasteiger partial charge in [0.25, 0.3) is 0 Å². The number of carbonyl (C=O) groups excluding carboxylic acids is 1. The van der Waals surface area contributed by atoms with Crippen LogP contribution in [0.3, 0.4) is 0 Å². The van der Waals surface area contributed by atoms with Crippen LogP contribution in [0.15, 0.2) is 70.5 Å². The van der Waals surface area contributed by atoms with Crippen LogP contribution in [0.1, 0.15) is 5.56 Å². The van der Waals surface area contributed by atoms with Gasteiger partial charge < -0.3 is 9.47 Å². The molecule has 0 fully saturated rings. The number of halogens is 1. The number of methoxy groups -OCH3 is 1. The molecule has 6 heteroatoms. The van der Waals surface area contributed by atoms with E-state index >= 15 is 0 Å². The van der Waals surface area contributed by atoms with Gasteiger partial charge in [0.05, 0.1) is 36.0 Å². The molecule has 4 nitrogen and oxygen atoms in total. The molecule has 0 saturated heterocycles. The third kappa shape index (κ3) is 5.60. The molecule has 2 rings (SSSR count). The molecule has 24 heavy (non-hydrogen) atoms. The minimum Gasteiger partial charge on any atom is -0.466 e. The monoisotopic (exact) mass is 364 g/mol. The highest BCUT2D eigenvalue weighted by Gasteiger charge is 2.13. The number of ether oxygens (including phenoxy) is 2. The van der Waals surface area contributed by atoms with E-state index in [0.717, 1.165) is 5.56 Å². The van der Waals surface area contributed by atoms with Gasteiger partial charge in [0.15, 0.2) is 0 Å². The molecule has 1 atom stereocenters. The highest BCUT2D eigenvalue weighted by atomic mass is 35.5. The minimum atomic E-state index is -1.53. The Morgan fingerprint density at radius 3 is 2.42 bits per heavy atom. The Labute approximate surface area is 148 Å². The first-order valence-corrected chi connectivity index (χ1v) is 8.70. The Hall–Kier alpha value is -1.95. The summed E-state index contributed by atoms with van der Waals surface area (Å²) in [5.41, 5.74) is 0.993. The average Bonchev–Trinajstić information content (AvgIpc) is 2.61. The zero-order chi connectivity index (χ0) is 17.4. The predicted octanol–water partition coefficient (Wildman–Crippen LogP) is 3.72. The number of hydrogen-bond acceptors (Lipinski definition) is 4. The average molecular weight is 365 g/mol. The quantitative estimate of drug-likeness (QED) is 0.555. The molecule has 0 aliphatic carbocycles. The summed E-state index contributed by atoms with van der Waals surface area (Å²) in [6, 6.07) is 16.2. The standard InChI is InChI=1S/C18H17ClO4S/c1-22-18(20)11-17(13-23-12-14-5-3-2-4-6-14)24(21)16-9-7-15(19)8-10-16/h2-11H,12-13H2,1H3/b17-11+. The van der Waals surface area contributed by atoms with E-state index in [4.69, 9.17) is 16.3 Å². The lowest BCUT2D eigenvalue weighted by Gasteiger charge is -2.09. The van der Waals surface area contributed by atoms with Gasteiger partial charge in [-0.25, -0.2) is 9.00 Å². The van der Waals surface area contributed by atoms with Crippen LogP contribution in [0.4, 0.5) is 0 Å². The second-order valence-electron chi connectivity index (χ2n) is 4.83. The maximum Gasteiger partial charge on any atom is 0.331 e. The fraction of sp³-hybridized carbons (Fsp3) is 0.167. The molecular formula is C18H17ClO4S. The second-order valence-corrected chi connectivity index (χ2v) is 6.80. The molecular weight excluding hydrogens is 348 g/mol. The van der Waals surface area contributed by atoms with Gasteiger partial charge in [0, 0.05) is 16.0 Å². The molecule has 0 heterocycles. The summed E-state index contributed by atoms with van der Waals surface area (Å²) in [6.07, 6.45) is 1.20. The predicted molar refractivity (Wildman–Crippen MR) is 94.1 cm³/mol. The van der Waals surface area contributed by atoms with Crippen LogP contribution in [-0.4, -0.2) is 23.9 Å². The summed E-state index contributed by atoms with van der Waals surface area (Å²) in [6.45, 7) is 0.413. The van der Waals surface area contributed by atoms with Gasteiger partial charge in [0.2, 0.25) is 0 Å². The molecule has 2 aromatic rings. The van der Waals surface area contributed by atoms with Crippen molar-refractivity contribution in [2.24, 2.45) is 0 Å². The van der Waals surface area contributed by atoms with E-state index in [2.05, 4.69) is 4.74 Å². The highest BCUT2D eigenvalue weighted by molar-refractivity contribution is 7.89. The Kier molecular flexibility index (Phi) is 7.18. The van der Waals surface area contributed by atoms with Crippen molar-refractivity contribution in [3.05, 3.63) is 76.2 Å². The normalized spacial score (nSPS) is 12.7. The Morgan fingerprint density at radius 1 is 1.12 bits per heavy atom. The number of rotatable bonds is 7. The number of hydrogen-bond donors (Lipinski definition) is 0. The zero-order valence-corrected chi connectivity index (χ0v) is 14.7. The largest absolute Gasteiger partial charge is 0.466 e. The molecule has 0 radical (unpaired) electrons. The number of esters is 1. The first-order valence-electron chi connectivity index (χ1n) is 7.17. The lowest BCUT2D eigenvalue weighted by molar-refractivity contribution is -0.134. The molecule has 0 saturated carbocycles. The summed E-state index contributed by atoms with van der Waals surface area (Å²) >= 11 is 5.84. The molecule has 0 bridgehead atoms. The SMILES string of the molecule is COC(=O)/C=C(\COCc1ccccc1)S(=O)c1ccc(Cl)cc1. The van der Waals surface area contributed by atoms with Gasteiger partial charge in [-0.15, -0.1) is 0 Å². The maximum atomic E-state index is 12.7. The van der Waals surface area contributed by atoms with Gasteiger partial charge in [-0.1, -0.05) is 41.9 Å². The van der Waals surface area contributed by atoms with E-state index in [-0.39, 0.29) is 6.61 Å². The van der Waals surface area contributed by atoms with Crippen molar-refractivity contribution >= 4 is 28.4 Å². The Balaban J connectivity index is 2.09. The van der Waals surface area contributed by atoms with Crippen molar-refractivity contribution in [1.29, 1.82) is 0 Å². The Morgan fingerprint density at radius 2 is 1.79 bits per heavy atom. The van der Waals surface area contributed by atoms with Crippen molar-refractivity contribution in [2.75, 3.05) is 13.7 Å². The molecule has 0 aliphatic heterocycles. The van der Waals surface area contributed by atoms with Crippen molar-refractivity contribution < 1.29 is 18.5 Å². The lowest BCUT2D eigenvalue weighted by Crippen LogP contribution is -2.08. The first kappa shape index (κ1) is 18.4.